The SMILES string of the molecule is Cn1c(CCC(=O)OCC(=O)Nc2sccc2C(N)=O)nc2ccccc2c1=O. The van der Waals surface area contributed by atoms with E-state index in [4.69, 9.17) is 10.5 Å². The van der Waals surface area contributed by atoms with Crippen LogP contribution in [0, 0.1) is 0 Å². The van der Waals surface area contributed by atoms with Crippen molar-refractivity contribution in [3.8, 4) is 0 Å². The van der Waals surface area contributed by atoms with E-state index in [0.717, 1.165) is 11.3 Å². The third-order valence-electron chi connectivity index (χ3n) is 4.18. The number of carbonyl (C=O) groups is 3. The number of para-hydroxylation sites is 1. The van der Waals surface area contributed by atoms with Gasteiger partial charge in [-0.3, -0.25) is 23.7 Å². The third kappa shape index (κ3) is 4.66. The van der Waals surface area contributed by atoms with Gasteiger partial charge in [0.2, 0.25) is 0 Å². The smallest absolute Gasteiger partial charge is 0.306 e. The molecule has 2 amide bonds. The Balaban J connectivity index is 1.55. The summed E-state index contributed by atoms with van der Waals surface area (Å²) in [6.45, 7) is -0.501. The molecule has 0 spiro atoms. The Hall–Kier alpha value is -3.53. The van der Waals surface area contributed by atoms with Crippen LogP contribution in [0.25, 0.3) is 10.9 Å². The average Bonchev–Trinajstić information content (AvgIpc) is 3.16. The summed E-state index contributed by atoms with van der Waals surface area (Å²) in [6.07, 6.45) is 0.144. The lowest BCUT2D eigenvalue weighted by molar-refractivity contribution is -0.147. The monoisotopic (exact) mass is 414 g/mol. The van der Waals surface area contributed by atoms with Crippen molar-refractivity contribution in [2.45, 2.75) is 12.8 Å². The van der Waals surface area contributed by atoms with Crippen LogP contribution in [0.1, 0.15) is 22.6 Å². The number of aryl methyl sites for hydroxylation is 1. The van der Waals surface area contributed by atoms with Crippen LogP contribution in [0.3, 0.4) is 0 Å². The molecule has 0 aliphatic rings. The molecule has 3 rings (SSSR count). The number of hydrogen-bond acceptors (Lipinski definition) is 7. The van der Waals surface area contributed by atoms with Crippen LogP contribution in [0.2, 0.25) is 0 Å². The fourth-order valence-electron chi connectivity index (χ4n) is 2.68. The summed E-state index contributed by atoms with van der Waals surface area (Å²) in [4.78, 5) is 51.9. The molecule has 10 heteroatoms. The highest BCUT2D eigenvalue weighted by atomic mass is 32.1. The number of nitrogens with zero attached hydrogens (tertiary/aromatic N) is 2. The quantitative estimate of drug-likeness (QED) is 0.558. The second kappa shape index (κ2) is 8.65. The van der Waals surface area contributed by atoms with Gasteiger partial charge in [-0.25, -0.2) is 4.98 Å². The van der Waals surface area contributed by atoms with E-state index < -0.39 is 24.4 Å². The molecular weight excluding hydrogens is 396 g/mol. The first-order valence-corrected chi connectivity index (χ1v) is 9.52. The van der Waals surface area contributed by atoms with E-state index in [9.17, 15) is 19.2 Å². The van der Waals surface area contributed by atoms with Crippen molar-refractivity contribution in [1.82, 2.24) is 9.55 Å². The van der Waals surface area contributed by atoms with Crippen LogP contribution in [-0.2, 0) is 27.8 Å². The summed E-state index contributed by atoms with van der Waals surface area (Å²) < 4.78 is 6.35. The number of ether oxygens (including phenoxy) is 1. The number of nitrogens with one attached hydrogen (secondary N) is 1. The van der Waals surface area contributed by atoms with Crippen molar-refractivity contribution in [3.05, 3.63) is 57.5 Å². The number of thiophene rings is 1. The highest BCUT2D eigenvalue weighted by molar-refractivity contribution is 7.14. The largest absolute Gasteiger partial charge is 0.456 e. The Bertz CT molecular complexity index is 1150. The zero-order valence-corrected chi connectivity index (χ0v) is 16.3. The fraction of sp³-hybridized carbons (Fsp3) is 0.211. The minimum absolute atomic E-state index is 0.0442. The van der Waals surface area contributed by atoms with E-state index in [1.807, 2.05) is 0 Å². The molecule has 0 aliphatic carbocycles. The summed E-state index contributed by atoms with van der Waals surface area (Å²) in [5.74, 6) is -1.41. The molecule has 0 fully saturated rings. The molecule has 3 aromatic rings. The highest BCUT2D eigenvalue weighted by Crippen LogP contribution is 2.22. The van der Waals surface area contributed by atoms with Crippen LogP contribution in [0.4, 0.5) is 5.00 Å². The second-order valence-electron chi connectivity index (χ2n) is 6.15. The van der Waals surface area contributed by atoms with E-state index in [1.165, 1.54) is 10.6 Å². The van der Waals surface area contributed by atoms with Crippen LogP contribution in [-0.4, -0.2) is 33.9 Å². The van der Waals surface area contributed by atoms with Gasteiger partial charge in [-0.05, 0) is 23.6 Å². The minimum atomic E-state index is -0.660. The third-order valence-corrected chi connectivity index (χ3v) is 5.01. The van der Waals surface area contributed by atoms with E-state index in [2.05, 4.69) is 10.3 Å². The standard InChI is InChI=1S/C19H18N4O5S/c1-23-14(21-13-5-3-2-4-11(13)19(23)27)6-7-16(25)28-10-15(24)22-18-12(17(20)26)8-9-29-18/h2-5,8-9H,6-7,10H2,1H3,(H2,20,26)(H,22,24). The summed E-state index contributed by atoms with van der Waals surface area (Å²) in [6, 6.07) is 8.46. The lowest BCUT2D eigenvalue weighted by Crippen LogP contribution is -2.24. The minimum Gasteiger partial charge on any atom is -0.456 e. The van der Waals surface area contributed by atoms with Gasteiger partial charge in [-0.1, -0.05) is 12.1 Å². The molecule has 0 atom stereocenters. The molecule has 2 heterocycles. The van der Waals surface area contributed by atoms with Gasteiger partial charge in [-0.2, -0.15) is 0 Å². The lowest BCUT2D eigenvalue weighted by atomic mass is 10.2. The number of fused-ring (bicyclic) bond motifs is 1. The van der Waals surface area contributed by atoms with Gasteiger partial charge in [0.25, 0.3) is 17.4 Å². The number of hydrogen-bond donors (Lipinski definition) is 2. The lowest BCUT2D eigenvalue weighted by Gasteiger charge is -2.09. The molecule has 0 radical (unpaired) electrons. The van der Waals surface area contributed by atoms with Crippen LogP contribution in [0.15, 0.2) is 40.5 Å². The van der Waals surface area contributed by atoms with Crippen molar-refractivity contribution in [3.63, 3.8) is 0 Å². The Morgan fingerprint density at radius 3 is 2.76 bits per heavy atom. The number of rotatable bonds is 7. The highest BCUT2D eigenvalue weighted by Gasteiger charge is 2.15. The maximum absolute atomic E-state index is 12.4. The molecule has 0 unspecified atom stereocenters. The molecule has 29 heavy (non-hydrogen) atoms. The predicted molar refractivity (Wildman–Crippen MR) is 108 cm³/mol. The number of esters is 1. The van der Waals surface area contributed by atoms with Gasteiger partial charge >= 0.3 is 5.97 Å². The average molecular weight is 414 g/mol. The van der Waals surface area contributed by atoms with Crippen molar-refractivity contribution in [2.24, 2.45) is 12.8 Å². The zero-order valence-electron chi connectivity index (χ0n) is 15.5. The number of benzene rings is 1. The molecule has 0 saturated carbocycles. The van der Waals surface area contributed by atoms with Crippen molar-refractivity contribution < 1.29 is 19.1 Å². The Kier molecular flexibility index (Phi) is 6.03. The predicted octanol–water partition coefficient (Wildman–Crippen LogP) is 1.21. The summed E-state index contributed by atoms with van der Waals surface area (Å²) >= 11 is 1.14. The summed E-state index contributed by atoms with van der Waals surface area (Å²) in [7, 11) is 1.59. The van der Waals surface area contributed by atoms with E-state index in [0.29, 0.717) is 21.7 Å². The molecule has 0 bridgehead atoms. The topological polar surface area (TPSA) is 133 Å². The van der Waals surface area contributed by atoms with E-state index in [1.54, 1.807) is 36.7 Å². The molecule has 0 aliphatic heterocycles. The van der Waals surface area contributed by atoms with Crippen molar-refractivity contribution in [2.75, 3.05) is 11.9 Å². The molecule has 2 aromatic heterocycles. The number of nitrogens with two attached hydrogens (primary N) is 1. The normalized spacial score (nSPS) is 10.7. The number of primary amides is 1. The van der Waals surface area contributed by atoms with Gasteiger partial charge in [-0.15, -0.1) is 11.3 Å². The number of carbonyl (C=O) groups excluding carboxylic acids is 3. The van der Waals surface area contributed by atoms with Gasteiger partial charge in [0.1, 0.15) is 10.8 Å². The number of amides is 2. The van der Waals surface area contributed by atoms with Gasteiger partial charge in [0.15, 0.2) is 6.61 Å². The molecule has 1 aromatic carbocycles. The van der Waals surface area contributed by atoms with Crippen LogP contribution >= 0.6 is 11.3 Å². The summed E-state index contributed by atoms with van der Waals surface area (Å²) in [5.41, 5.74) is 5.76. The van der Waals surface area contributed by atoms with Gasteiger partial charge < -0.3 is 15.8 Å². The molecule has 3 N–H and O–H groups in total. The van der Waals surface area contributed by atoms with Crippen LogP contribution in [0.5, 0.6) is 0 Å². The number of aromatic nitrogens is 2. The number of anilines is 1. The van der Waals surface area contributed by atoms with Crippen molar-refractivity contribution in [1.29, 1.82) is 0 Å². The van der Waals surface area contributed by atoms with E-state index in [-0.39, 0.29) is 24.0 Å². The second-order valence-corrected chi connectivity index (χ2v) is 7.06. The Morgan fingerprint density at radius 2 is 2.00 bits per heavy atom. The first-order valence-electron chi connectivity index (χ1n) is 8.64. The maximum atomic E-state index is 12.4. The van der Waals surface area contributed by atoms with Gasteiger partial charge in [0.05, 0.1) is 22.9 Å². The summed E-state index contributed by atoms with van der Waals surface area (Å²) in [5, 5.41) is 4.90. The Labute approximate surface area is 169 Å². The van der Waals surface area contributed by atoms with E-state index >= 15 is 0 Å². The first-order chi connectivity index (χ1) is 13.9. The molecule has 0 saturated heterocycles. The molecule has 9 nitrogen and oxygen atoms in total. The maximum Gasteiger partial charge on any atom is 0.306 e. The first kappa shape index (κ1) is 20.2. The zero-order chi connectivity index (χ0) is 21.0. The Morgan fingerprint density at radius 1 is 1.24 bits per heavy atom. The molecule has 150 valence electrons. The fourth-order valence-corrected chi connectivity index (χ4v) is 3.49. The van der Waals surface area contributed by atoms with Gasteiger partial charge in [0, 0.05) is 13.5 Å². The van der Waals surface area contributed by atoms with Crippen LogP contribution < -0.4 is 16.6 Å². The molecular formula is C19H18N4O5S. The van der Waals surface area contributed by atoms with Crippen molar-refractivity contribution >= 4 is 45.0 Å².